The lowest BCUT2D eigenvalue weighted by atomic mass is 10.0. The van der Waals surface area contributed by atoms with Gasteiger partial charge >= 0.3 is 24.0 Å². The molecule has 0 rings (SSSR count). The molecule has 0 aromatic rings. The summed E-state index contributed by atoms with van der Waals surface area (Å²) < 4.78 is 10.3. The van der Waals surface area contributed by atoms with Crippen LogP contribution in [-0.4, -0.2) is 87.3 Å². The van der Waals surface area contributed by atoms with Crippen molar-refractivity contribution in [2.24, 2.45) is 11.8 Å². The topological polar surface area (TPSA) is 117 Å². The SMILES string of the molecule is CNC(=O)N(C)[C@H](COC(=O)/C=C/C(=O)OC[C@H](C(C)C)N(C)C(=O)NC)C(C)C. The highest BCUT2D eigenvalue weighted by molar-refractivity contribution is 5.91. The minimum atomic E-state index is -0.717. The molecular weight excluding hydrogens is 392 g/mol. The molecule has 0 unspecified atom stereocenters. The highest BCUT2D eigenvalue weighted by Gasteiger charge is 2.25. The van der Waals surface area contributed by atoms with Gasteiger partial charge < -0.3 is 29.9 Å². The highest BCUT2D eigenvalue weighted by atomic mass is 16.5. The lowest BCUT2D eigenvalue weighted by molar-refractivity contribution is -0.142. The number of carbonyl (C=O) groups excluding carboxylic acids is 4. The van der Waals surface area contributed by atoms with E-state index in [9.17, 15) is 19.2 Å². The van der Waals surface area contributed by atoms with E-state index in [0.717, 1.165) is 12.2 Å². The summed E-state index contributed by atoms with van der Waals surface area (Å²) in [5.74, 6) is -1.32. The predicted octanol–water partition coefficient (Wildman–Crippen LogP) is 1.22. The Hall–Kier alpha value is -2.78. The minimum absolute atomic E-state index is 0.00778. The van der Waals surface area contributed by atoms with Crippen LogP contribution in [0, 0.1) is 11.8 Å². The van der Waals surface area contributed by atoms with Gasteiger partial charge in [-0.15, -0.1) is 0 Å². The molecule has 172 valence electrons. The molecule has 2 atom stereocenters. The van der Waals surface area contributed by atoms with Crippen LogP contribution in [-0.2, 0) is 19.1 Å². The maximum absolute atomic E-state index is 11.9. The molecule has 0 saturated heterocycles. The van der Waals surface area contributed by atoms with Crippen LogP contribution in [0.25, 0.3) is 0 Å². The molecule has 0 heterocycles. The number of esters is 2. The number of nitrogens with one attached hydrogen (secondary N) is 2. The number of urea groups is 2. The summed E-state index contributed by atoms with van der Waals surface area (Å²) in [5, 5.41) is 5.04. The molecule has 0 aliphatic carbocycles. The molecule has 0 fully saturated rings. The average molecular weight is 429 g/mol. The van der Waals surface area contributed by atoms with E-state index in [1.165, 1.54) is 23.9 Å². The van der Waals surface area contributed by atoms with Crippen molar-refractivity contribution < 1.29 is 28.7 Å². The van der Waals surface area contributed by atoms with E-state index in [0.29, 0.717) is 0 Å². The number of carbonyl (C=O) groups is 4. The second kappa shape index (κ2) is 13.4. The Morgan fingerprint density at radius 1 is 0.733 bits per heavy atom. The standard InChI is InChI=1S/C20H36N4O6/c1-13(2)15(23(7)19(27)21-5)11-29-17(25)9-10-18(26)30-12-16(14(3)4)24(8)20(28)22-6/h9-10,13-16H,11-12H2,1-8H3,(H,21,27)(H,22,28)/b10-9+/t15-,16-/m1/s1. The first-order valence-electron chi connectivity index (χ1n) is 9.86. The Kier molecular flexibility index (Phi) is 12.2. The van der Waals surface area contributed by atoms with Crippen molar-refractivity contribution in [3.63, 3.8) is 0 Å². The summed E-state index contributed by atoms with van der Waals surface area (Å²) in [7, 11) is 6.27. The molecule has 10 heteroatoms. The van der Waals surface area contributed by atoms with Crippen LogP contribution in [0.5, 0.6) is 0 Å². The van der Waals surface area contributed by atoms with Gasteiger partial charge in [-0.25, -0.2) is 19.2 Å². The van der Waals surface area contributed by atoms with E-state index in [2.05, 4.69) is 10.6 Å². The molecular formula is C20H36N4O6. The van der Waals surface area contributed by atoms with Crippen LogP contribution in [0.15, 0.2) is 12.2 Å². The molecule has 30 heavy (non-hydrogen) atoms. The number of rotatable bonds is 10. The van der Waals surface area contributed by atoms with Crippen LogP contribution in [0.3, 0.4) is 0 Å². The Morgan fingerprint density at radius 2 is 1.03 bits per heavy atom. The molecule has 0 bridgehead atoms. The van der Waals surface area contributed by atoms with Crippen LogP contribution >= 0.6 is 0 Å². The van der Waals surface area contributed by atoms with Crippen molar-refractivity contribution in [2.45, 2.75) is 39.8 Å². The Balaban J connectivity index is 4.70. The number of nitrogens with zero attached hydrogens (tertiary/aromatic N) is 2. The number of hydrogen-bond acceptors (Lipinski definition) is 6. The quantitative estimate of drug-likeness (QED) is 0.399. The third kappa shape index (κ3) is 9.15. The first-order valence-corrected chi connectivity index (χ1v) is 9.86. The van der Waals surface area contributed by atoms with Gasteiger partial charge in [-0.1, -0.05) is 27.7 Å². The molecule has 10 nitrogen and oxygen atoms in total. The minimum Gasteiger partial charge on any atom is -0.460 e. The summed E-state index contributed by atoms with van der Waals surface area (Å²) >= 11 is 0. The smallest absolute Gasteiger partial charge is 0.331 e. The van der Waals surface area contributed by atoms with Crippen molar-refractivity contribution in [3.05, 3.63) is 12.2 Å². The first-order chi connectivity index (χ1) is 14.0. The van der Waals surface area contributed by atoms with E-state index >= 15 is 0 Å². The average Bonchev–Trinajstić information content (AvgIpc) is 2.70. The Bertz CT molecular complexity index is 568. The maximum atomic E-state index is 11.9. The molecule has 0 aliphatic rings. The molecule has 0 aliphatic heterocycles. The van der Waals surface area contributed by atoms with E-state index in [1.807, 2.05) is 27.7 Å². The van der Waals surface area contributed by atoms with Gasteiger partial charge in [0, 0.05) is 40.3 Å². The van der Waals surface area contributed by atoms with Crippen molar-refractivity contribution in [1.82, 2.24) is 20.4 Å². The summed E-state index contributed by atoms with van der Waals surface area (Å²) in [4.78, 5) is 50.3. The van der Waals surface area contributed by atoms with Crippen molar-refractivity contribution >= 4 is 24.0 Å². The third-order valence-corrected chi connectivity index (χ3v) is 4.75. The summed E-state index contributed by atoms with van der Waals surface area (Å²) in [6, 6.07) is -1.21. The number of likely N-dealkylation sites (N-methyl/N-ethyl adjacent to an activating group) is 2. The van der Waals surface area contributed by atoms with Crippen molar-refractivity contribution in [1.29, 1.82) is 0 Å². The second-order valence-corrected chi connectivity index (χ2v) is 7.55. The third-order valence-electron chi connectivity index (χ3n) is 4.75. The van der Waals surface area contributed by atoms with Crippen LogP contribution in [0.1, 0.15) is 27.7 Å². The van der Waals surface area contributed by atoms with E-state index in [-0.39, 0.29) is 49.2 Å². The summed E-state index contributed by atoms with van der Waals surface area (Å²) in [5.41, 5.74) is 0. The molecule has 2 N–H and O–H groups in total. The number of amides is 4. The fourth-order valence-corrected chi connectivity index (χ4v) is 2.72. The highest BCUT2D eigenvalue weighted by Crippen LogP contribution is 2.11. The number of ether oxygens (including phenoxy) is 2. The van der Waals surface area contributed by atoms with Gasteiger partial charge in [0.15, 0.2) is 0 Å². The molecule has 0 saturated carbocycles. The van der Waals surface area contributed by atoms with E-state index < -0.39 is 11.9 Å². The second-order valence-electron chi connectivity index (χ2n) is 7.55. The van der Waals surface area contributed by atoms with Gasteiger partial charge in [0.25, 0.3) is 0 Å². The Labute approximate surface area is 178 Å². The molecule has 0 spiro atoms. The van der Waals surface area contributed by atoms with E-state index in [1.54, 1.807) is 14.1 Å². The zero-order valence-corrected chi connectivity index (χ0v) is 19.2. The van der Waals surface area contributed by atoms with E-state index in [4.69, 9.17) is 9.47 Å². The van der Waals surface area contributed by atoms with Gasteiger partial charge in [0.2, 0.25) is 0 Å². The van der Waals surface area contributed by atoms with Crippen molar-refractivity contribution in [3.8, 4) is 0 Å². The largest absolute Gasteiger partial charge is 0.460 e. The molecule has 4 amide bonds. The fraction of sp³-hybridized carbons (Fsp3) is 0.700. The molecule has 0 aromatic heterocycles. The lowest BCUT2D eigenvalue weighted by Crippen LogP contribution is -2.47. The Morgan fingerprint density at radius 3 is 1.27 bits per heavy atom. The first kappa shape index (κ1) is 27.2. The van der Waals surface area contributed by atoms with Crippen LogP contribution < -0.4 is 10.6 Å². The summed E-state index contributed by atoms with van der Waals surface area (Å²) in [6.07, 6.45) is 1.96. The van der Waals surface area contributed by atoms with Crippen molar-refractivity contribution in [2.75, 3.05) is 41.4 Å². The molecule has 0 radical (unpaired) electrons. The van der Waals surface area contributed by atoms with Gasteiger partial charge in [0.1, 0.15) is 13.2 Å². The number of hydrogen-bond donors (Lipinski definition) is 2. The predicted molar refractivity (Wildman–Crippen MR) is 113 cm³/mol. The maximum Gasteiger partial charge on any atom is 0.331 e. The van der Waals surface area contributed by atoms with Gasteiger partial charge in [0.05, 0.1) is 12.1 Å². The monoisotopic (exact) mass is 428 g/mol. The van der Waals surface area contributed by atoms with Gasteiger partial charge in [-0.3, -0.25) is 0 Å². The molecule has 0 aromatic carbocycles. The van der Waals surface area contributed by atoms with Gasteiger partial charge in [-0.05, 0) is 11.8 Å². The van der Waals surface area contributed by atoms with Crippen LogP contribution in [0.4, 0.5) is 9.59 Å². The van der Waals surface area contributed by atoms with Crippen LogP contribution in [0.2, 0.25) is 0 Å². The lowest BCUT2D eigenvalue weighted by Gasteiger charge is -2.30. The zero-order valence-electron chi connectivity index (χ0n) is 19.2. The zero-order chi connectivity index (χ0) is 23.4. The normalized spacial score (nSPS) is 13.0. The fourth-order valence-electron chi connectivity index (χ4n) is 2.72. The van der Waals surface area contributed by atoms with Gasteiger partial charge in [-0.2, -0.15) is 0 Å². The summed E-state index contributed by atoms with van der Waals surface area (Å²) in [6.45, 7) is 7.62.